The highest BCUT2D eigenvalue weighted by molar-refractivity contribution is 7.89. The number of benzene rings is 2. The third-order valence-corrected chi connectivity index (χ3v) is 7.80. The van der Waals surface area contributed by atoms with Crippen molar-refractivity contribution in [2.24, 2.45) is 5.92 Å². The van der Waals surface area contributed by atoms with Crippen LogP contribution in [0.1, 0.15) is 29.9 Å². The van der Waals surface area contributed by atoms with Gasteiger partial charge in [0.15, 0.2) is 10.7 Å². The molecule has 1 amide bonds. The molecule has 1 aliphatic rings. The highest BCUT2D eigenvalue weighted by Crippen LogP contribution is 2.30. The van der Waals surface area contributed by atoms with Crippen molar-refractivity contribution in [3.05, 3.63) is 71.6 Å². The number of ether oxygens (including phenoxy) is 1. The summed E-state index contributed by atoms with van der Waals surface area (Å²) in [6.45, 7) is 2.01. The predicted molar refractivity (Wildman–Crippen MR) is 130 cm³/mol. The summed E-state index contributed by atoms with van der Waals surface area (Å²) in [6, 6.07) is 16.6. The molecule has 0 radical (unpaired) electrons. The van der Waals surface area contributed by atoms with Gasteiger partial charge in [0.05, 0.1) is 18.7 Å². The Labute approximate surface area is 199 Å². The van der Waals surface area contributed by atoms with Crippen molar-refractivity contribution in [2.75, 3.05) is 25.5 Å². The molecule has 0 saturated carbocycles. The monoisotopic (exact) mass is 481 g/mol. The summed E-state index contributed by atoms with van der Waals surface area (Å²) >= 11 is 0. The van der Waals surface area contributed by atoms with E-state index in [9.17, 15) is 13.2 Å². The first-order chi connectivity index (χ1) is 16.4. The van der Waals surface area contributed by atoms with Crippen molar-refractivity contribution in [1.82, 2.24) is 9.46 Å². The SMILES string of the molecule is COc1ccccc1NC(=O)C1CCCN(S(=O)(=O)c2c(C)noc2C=Cc2ccccc2)C1. The minimum atomic E-state index is -3.92. The fraction of sp³-hybridized carbons (Fsp3) is 0.280. The Balaban J connectivity index is 1.53. The van der Waals surface area contributed by atoms with Crippen LogP contribution < -0.4 is 10.1 Å². The largest absolute Gasteiger partial charge is 0.495 e. The Bertz CT molecular complexity index is 1280. The van der Waals surface area contributed by atoms with E-state index in [0.29, 0.717) is 30.8 Å². The van der Waals surface area contributed by atoms with Crippen molar-refractivity contribution in [2.45, 2.75) is 24.7 Å². The highest BCUT2D eigenvalue weighted by atomic mass is 32.2. The molecule has 1 aliphatic heterocycles. The Morgan fingerprint density at radius 2 is 1.88 bits per heavy atom. The molecule has 178 valence electrons. The van der Waals surface area contributed by atoms with Crippen LogP contribution in [0.3, 0.4) is 0 Å². The standard InChI is InChI=1S/C25H27N3O5S/c1-18-24(23(33-27-18)15-14-19-9-4-3-5-10-19)34(30,31)28-16-8-11-20(17-28)25(29)26-21-12-6-7-13-22(21)32-2/h3-7,9-10,12-15,20H,8,11,16-17H2,1-2H3,(H,26,29). The molecule has 1 fully saturated rings. The first-order valence-electron chi connectivity index (χ1n) is 11.0. The van der Waals surface area contributed by atoms with Gasteiger partial charge in [-0.05, 0) is 43.5 Å². The Morgan fingerprint density at radius 3 is 2.65 bits per heavy atom. The first-order valence-corrected chi connectivity index (χ1v) is 12.5. The maximum atomic E-state index is 13.6. The lowest BCUT2D eigenvalue weighted by Crippen LogP contribution is -2.43. The van der Waals surface area contributed by atoms with Crippen molar-refractivity contribution < 1.29 is 22.5 Å². The number of methoxy groups -OCH3 is 1. The second-order valence-electron chi connectivity index (χ2n) is 8.10. The van der Waals surface area contributed by atoms with Crippen LogP contribution in [-0.4, -0.2) is 44.0 Å². The number of amides is 1. The van der Waals surface area contributed by atoms with E-state index in [-0.39, 0.29) is 28.8 Å². The quantitative estimate of drug-likeness (QED) is 0.543. The molecule has 1 saturated heterocycles. The number of nitrogens with one attached hydrogen (secondary N) is 1. The number of nitrogens with zero attached hydrogens (tertiary/aromatic N) is 2. The molecule has 2 heterocycles. The third-order valence-electron chi connectivity index (χ3n) is 5.78. The zero-order valence-electron chi connectivity index (χ0n) is 19.1. The van der Waals surface area contributed by atoms with Crippen molar-refractivity contribution in [3.8, 4) is 5.75 Å². The number of piperidine rings is 1. The predicted octanol–water partition coefficient (Wildman–Crippen LogP) is 4.20. The van der Waals surface area contributed by atoms with Gasteiger partial charge in [-0.15, -0.1) is 0 Å². The van der Waals surface area contributed by atoms with Crippen LogP contribution in [0, 0.1) is 12.8 Å². The highest BCUT2D eigenvalue weighted by Gasteiger charge is 2.37. The lowest BCUT2D eigenvalue weighted by atomic mass is 9.98. The number of sulfonamides is 1. The number of hydrogen-bond acceptors (Lipinski definition) is 6. The van der Waals surface area contributed by atoms with Crippen LogP contribution in [0.15, 0.2) is 64.0 Å². The average Bonchev–Trinajstić information content (AvgIpc) is 3.24. The second-order valence-corrected chi connectivity index (χ2v) is 9.97. The molecule has 34 heavy (non-hydrogen) atoms. The Morgan fingerprint density at radius 1 is 1.15 bits per heavy atom. The van der Waals surface area contributed by atoms with Crippen molar-refractivity contribution >= 4 is 33.8 Å². The minimum Gasteiger partial charge on any atom is -0.495 e. The van der Waals surface area contributed by atoms with Gasteiger partial charge in [0.2, 0.25) is 15.9 Å². The lowest BCUT2D eigenvalue weighted by Gasteiger charge is -2.31. The Kier molecular flexibility index (Phi) is 7.14. The van der Waals surface area contributed by atoms with Gasteiger partial charge in [-0.25, -0.2) is 8.42 Å². The molecular formula is C25H27N3O5S. The van der Waals surface area contributed by atoms with E-state index in [1.807, 2.05) is 36.4 Å². The molecule has 9 heteroatoms. The van der Waals surface area contributed by atoms with Crippen LogP contribution in [-0.2, 0) is 14.8 Å². The number of carbonyl (C=O) groups excluding carboxylic acids is 1. The molecule has 0 bridgehead atoms. The molecule has 3 aromatic rings. The average molecular weight is 482 g/mol. The Hall–Kier alpha value is -3.43. The molecular weight excluding hydrogens is 454 g/mol. The maximum Gasteiger partial charge on any atom is 0.248 e. The fourth-order valence-electron chi connectivity index (χ4n) is 4.02. The summed E-state index contributed by atoms with van der Waals surface area (Å²) < 4.78 is 39.1. The maximum absolute atomic E-state index is 13.6. The zero-order valence-corrected chi connectivity index (χ0v) is 19.9. The van der Waals surface area contributed by atoms with Crippen LogP contribution in [0.4, 0.5) is 5.69 Å². The fourth-order valence-corrected chi connectivity index (χ4v) is 5.80. The molecule has 1 unspecified atom stereocenters. The van der Waals surface area contributed by atoms with E-state index >= 15 is 0 Å². The summed E-state index contributed by atoms with van der Waals surface area (Å²) in [5.41, 5.74) is 1.75. The summed E-state index contributed by atoms with van der Waals surface area (Å²) in [5.74, 6) is -0.0134. The molecule has 8 nitrogen and oxygen atoms in total. The van der Waals surface area contributed by atoms with Crippen molar-refractivity contribution in [3.63, 3.8) is 0 Å². The van der Waals surface area contributed by atoms with Gasteiger partial charge in [-0.1, -0.05) is 53.7 Å². The first kappa shape index (κ1) is 23.7. The van der Waals surface area contributed by atoms with Gasteiger partial charge in [-0.2, -0.15) is 4.31 Å². The van der Waals surface area contributed by atoms with Crippen LogP contribution in [0.2, 0.25) is 0 Å². The summed E-state index contributed by atoms with van der Waals surface area (Å²) in [5, 5.41) is 6.77. The van der Waals surface area contributed by atoms with E-state index in [1.165, 1.54) is 11.4 Å². The molecule has 1 atom stereocenters. The number of anilines is 1. The van der Waals surface area contributed by atoms with Gasteiger partial charge in [0.25, 0.3) is 0 Å². The lowest BCUT2D eigenvalue weighted by molar-refractivity contribution is -0.120. The summed E-state index contributed by atoms with van der Waals surface area (Å²) in [6.07, 6.45) is 4.55. The van der Waals surface area contributed by atoms with Gasteiger partial charge < -0.3 is 14.6 Å². The van der Waals surface area contributed by atoms with Crippen LogP contribution >= 0.6 is 0 Å². The van der Waals surface area contributed by atoms with Gasteiger partial charge >= 0.3 is 0 Å². The number of aryl methyl sites for hydroxylation is 1. The number of rotatable bonds is 7. The van der Waals surface area contributed by atoms with Gasteiger partial charge in [-0.3, -0.25) is 4.79 Å². The minimum absolute atomic E-state index is 0.0328. The van der Waals surface area contributed by atoms with E-state index < -0.39 is 15.9 Å². The van der Waals surface area contributed by atoms with E-state index in [2.05, 4.69) is 10.5 Å². The number of hydrogen-bond donors (Lipinski definition) is 1. The van der Waals surface area contributed by atoms with Gasteiger partial charge in [0, 0.05) is 13.1 Å². The normalized spacial score (nSPS) is 17.1. The van der Waals surface area contributed by atoms with Crippen LogP contribution in [0.25, 0.3) is 12.2 Å². The van der Waals surface area contributed by atoms with E-state index in [4.69, 9.17) is 9.26 Å². The number of carbonyl (C=O) groups is 1. The summed E-state index contributed by atoms with van der Waals surface area (Å²) in [4.78, 5) is 13.0. The smallest absolute Gasteiger partial charge is 0.248 e. The van der Waals surface area contributed by atoms with Crippen molar-refractivity contribution in [1.29, 1.82) is 0 Å². The molecule has 0 aliphatic carbocycles. The van der Waals surface area contributed by atoms with E-state index in [0.717, 1.165) is 5.56 Å². The molecule has 1 N–H and O–H groups in total. The third kappa shape index (κ3) is 5.05. The number of para-hydroxylation sites is 2. The molecule has 4 rings (SSSR count). The zero-order chi connectivity index (χ0) is 24.1. The topological polar surface area (TPSA) is 102 Å². The summed E-state index contributed by atoms with van der Waals surface area (Å²) in [7, 11) is -2.38. The molecule has 2 aromatic carbocycles. The molecule has 1 aromatic heterocycles. The van der Waals surface area contributed by atoms with Gasteiger partial charge in [0.1, 0.15) is 11.4 Å². The number of aromatic nitrogens is 1. The molecule has 0 spiro atoms. The second kappa shape index (κ2) is 10.2. The van der Waals surface area contributed by atoms with Crippen LogP contribution in [0.5, 0.6) is 5.75 Å². The van der Waals surface area contributed by atoms with E-state index in [1.54, 1.807) is 37.3 Å².